The second kappa shape index (κ2) is 34.0. The zero-order valence-corrected chi connectivity index (χ0v) is 26.2. The molecule has 0 unspecified atom stereocenters. The number of allylic oxidation sites excluding steroid dienone is 1. The third-order valence-electron chi connectivity index (χ3n) is 7.69. The Morgan fingerprint density at radius 3 is 0.763 bits per heavy atom. The summed E-state index contributed by atoms with van der Waals surface area (Å²) in [4.78, 5) is 24.6. The Bertz CT molecular complexity index is 475. The first-order valence-electron chi connectivity index (χ1n) is 16.4. The minimum atomic E-state index is -0.0160. The molecule has 0 aromatic heterocycles. The molecule has 38 heavy (non-hydrogen) atoms. The maximum absolute atomic E-state index is 12.3. The zero-order valence-electron chi connectivity index (χ0n) is 26.2. The fraction of sp³-hybridized carbons (Fsp3) is 0.882. The Hall–Kier alpha value is -1.00. The van der Waals surface area contributed by atoms with Crippen LogP contribution < -0.4 is 12.3 Å². The van der Waals surface area contributed by atoms with Crippen LogP contribution in [0.3, 0.4) is 0 Å². The van der Waals surface area contributed by atoms with Crippen molar-refractivity contribution in [3.63, 3.8) is 0 Å². The number of hydrogen-bond acceptors (Lipinski definition) is 4. The van der Waals surface area contributed by atoms with Gasteiger partial charge >= 0.3 is 0 Å². The first kappa shape index (κ1) is 41.5. The third-order valence-corrected chi connectivity index (χ3v) is 7.69. The Morgan fingerprint density at radius 1 is 0.368 bits per heavy atom. The molecule has 0 atom stereocenters. The van der Waals surface area contributed by atoms with Crippen molar-refractivity contribution in [3.05, 3.63) is 12.2 Å². The summed E-state index contributed by atoms with van der Waals surface area (Å²) in [6.45, 7) is 8.36. The minimum Gasteiger partial charge on any atom is -0.344 e. The second-order valence-corrected chi connectivity index (χ2v) is 11.3. The molecule has 0 fully saturated rings. The van der Waals surface area contributed by atoms with Gasteiger partial charge in [0.15, 0.2) is 11.6 Å². The number of hydrogen-bond donors (Lipinski definition) is 2. The van der Waals surface area contributed by atoms with Gasteiger partial charge in [-0.25, -0.2) is 0 Å². The van der Waals surface area contributed by atoms with Crippen molar-refractivity contribution in [2.24, 2.45) is 0 Å². The van der Waals surface area contributed by atoms with Gasteiger partial charge in [-0.2, -0.15) is 0 Å². The van der Waals surface area contributed by atoms with Gasteiger partial charge in [0.25, 0.3) is 0 Å². The second-order valence-electron chi connectivity index (χ2n) is 11.3. The molecule has 0 bridgehead atoms. The summed E-state index contributed by atoms with van der Waals surface area (Å²) in [5.41, 5.74) is 0.257. The van der Waals surface area contributed by atoms with Crippen molar-refractivity contribution in [1.82, 2.24) is 12.3 Å². The topological polar surface area (TPSA) is 104 Å². The van der Waals surface area contributed by atoms with Gasteiger partial charge in [-0.1, -0.05) is 175 Å². The number of carbonyl (C=O) groups is 2. The van der Waals surface area contributed by atoms with E-state index in [2.05, 4.69) is 20.4 Å². The van der Waals surface area contributed by atoms with E-state index in [4.69, 9.17) is 0 Å². The van der Waals surface area contributed by atoms with E-state index in [1.165, 1.54) is 141 Å². The first-order chi connectivity index (χ1) is 17.6. The van der Waals surface area contributed by atoms with E-state index in [0.717, 1.165) is 25.7 Å². The molecule has 0 aromatic rings. The summed E-state index contributed by atoms with van der Waals surface area (Å²) in [7, 11) is 0. The summed E-state index contributed by atoms with van der Waals surface area (Å²) >= 11 is 0. The van der Waals surface area contributed by atoms with E-state index in [9.17, 15) is 9.59 Å². The van der Waals surface area contributed by atoms with E-state index in [1.807, 2.05) is 0 Å². The van der Waals surface area contributed by atoms with Crippen molar-refractivity contribution in [3.8, 4) is 0 Å². The molecule has 6 N–H and O–H groups in total. The average Bonchev–Trinajstić information content (AvgIpc) is 2.88. The lowest BCUT2D eigenvalue weighted by atomic mass is 9.98. The van der Waals surface area contributed by atoms with Crippen molar-refractivity contribution >= 4 is 11.6 Å². The Morgan fingerprint density at radius 2 is 0.553 bits per heavy atom. The van der Waals surface area contributed by atoms with Gasteiger partial charge in [-0.3, -0.25) is 9.59 Å². The van der Waals surface area contributed by atoms with Gasteiger partial charge in [-0.15, -0.1) is 0 Å². The van der Waals surface area contributed by atoms with Crippen LogP contribution in [0.15, 0.2) is 12.2 Å². The summed E-state index contributed by atoms with van der Waals surface area (Å²) in [5, 5.41) is 0. The number of unbranched alkanes of at least 4 members (excludes halogenated alkanes) is 24. The van der Waals surface area contributed by atoms with Gasteiger partial charge in [0.05, 0.1) is 5.57 Å². The molecular weight excluding hydrogens is 468 g/mol. The van der Waals surface area contributed by atoms with Gasteiger partial charge in [-0.05, 0) is 12.8 Å². The molecule has 0 aromatic carbocycles. The number of Topliss-reactive ketones (excluding diaryl/α,β-unsaturated/α-hetero) is 2. The smallest absolute Gasteiger partial charge is 0.165 e. The zero-order chi connectivity index (χ0) is 26.5. The molecule has 228 valence electrons. The number of rotatable bonds is 30. The largest absolute Gasteiger partial charge is 0.344 e. The number of carbonyl (C=O) groups excluding carboxylic acids is 2. The Balaban J connectivity index is -0.00000612. The van der Waals surface area contributed by atoms with Crippen LogP contribution in [0, 0.1) is 0 Å². The monoisotopic (exact) mass is 539 g/mol. The lowest BCUT2D eigenvalue weighted by molar-refractivity contribution is -0.121. The van der Waals surface area contributed by atoms with Crippen LogP contribution in [0.4, 0.5) is 0 Å². The highest BCUT2D eigenvalue weighted by molar-refractivity contribution is 6.19. The molecule has 0 aliphatic heterocycles. The molecule has 0 saturated carbocycles. The molecule has 4 nitrogen and oxygen atoms in total. The summed E-state index contributed by atoms with van der Waals surface area (Å²) < 4.78 is 0. The molecule has 0 aliphatic carbocycles. The van der Waals surface area contributed by atoms with E-state index in [-0.39, 0.29) is 29.4 Å². The fourth-order valence-corrected chi connectivity index (χ4v) is 5.06. The lowest BCUT2D eigenvalue weighted by Crippen LogP contribution is -2.11. The molecule has 0 heterocycles. The van der Waals surface area contributed by atoms with E-state index < -0.39 is 0 Å². The van der Waals surface area contributed by atoms with E-state index in [0.29, 0.717) is 12.8 Å². The standard InChI is InChI=1S/C34H64O2.2H3N/c1-4-6-8-10-12-14-16-18-20-22-24-26-28-30-33(35)32(3)34(36)31-29-27-25-23-21-19-17-15-13-11-9-7-5-2;;/h3-31H2,1-2H3;2*1H3. The van der Waals surface area contributed by atoms with Crippen LogP contribution >= 0.6 is 0 Å². The predicted molar refractivity (Wildman–Crippen MR) is 170 cm³/mol. The van der Waals surface area contributed by atoms with Crippen molar-refractivity contribution in [2.45, 2.75) is 194 Å². The van der Waals surface area contributed by atoms with E-state index >= 15 is 0 Å². The van der Waals surface area contributed by atoms with Gasteiger partial charge in [0, 0.05) is 12.8 Å². The molecule has 0 spiro atoms. The lowest BCUT2D eigenvalue weighted by Gasteiger charge is -2.06. The highest BCUT2D eigenvalue weighted by atomic mass is 16.1. The van der Waals surface area contributed by atoms with Crippen LogP contribution in [0.25, 0.3) is 0 Å². The van der Waals surface area contributed by atoms with Gasteiger partial charge in [0.2, 0.25) is 0 Å². The highest BCUT2D eigenvalue weighted by Gasteiger charge is 2.14. The highest BCUT2D eigenvalue weighted by Crippen LogP contribution is 2.16. The molecule has 4 heteroatoms. The van der Waals surface area contributed by atoms with Crippen LogP contribution in [0.5, 0.6) is 0 Å². The minimum absolute atomic E-state index is 0. The fourth-order valence-electron chi connectivity index (χ4n) is 5.06. The first-order valence-corrected chi connectivity index (χ1v) is 16.4. The van der Waals surface area contributed by atoms with Crippen molar-refractivity contribution < 1.29 is 9.59 Å². The summed E-state index contributed by atoms with van der Waals surface area (Å²) in [5.74, 6) is -0.0319. The molecular formula is C34H70N2O2. The van der Waals surface area contributed by atoms with Crippen molar-refractivity contribution in [1.29, 1.82) is 0 Å². The van der Waals surface area contributed by atoms with Crippen molar-refractivity contribution in [2.75, 3.05) is 0 Å². The average molecular weight is 539 g/mol. The van der Waals surface area contributed by atoms with Crippen LogP contribution in [-0.4, -0.2) is 11.6 Å². The summed E-state index contributed by atoms with van der Waals surface area (Å²) in [6, 6.07) is 0. The third kappa shape index (κ3) is 29.6. The normalized spacial score (nSPS) is 10.6. The molecule has 0 aliphatic rings. The SMILES string of the molecule is C=C(C(=O)CCCCCCCCCCCCCCC)C(=O)CCCCCCCCCCCCCCC.N.N. The van der Waals surface area contributed by atoms with Crippen LogP contribution in [-0.2, 0) is 9.59 Å². The molecule has 0 amide bonds. The Kier molecular flexibility index (Phi) is 37.1. The molecule has 0 saturated heterocycles. The van der Waals surface area contributed by atoms with Crippen LogP contribution in [0.1, 0.15) is 194 Å². The van der Waals surface area contributed by atoms with Gasteiger partial charge < -0.3 is 12.3 Å². The molecule has 0 radical (unpaired) electrons. The van der Waals surface area contributed by atoms with E-state index in [1.54, 1.807) is 0 Å². The summed E-state index contributed by atoms with van der Waals surface area (Å²) in [6.07, 6.45) is 34.8. The quantitative estimate of drug-likeness (QED) is 0.0410. The molecule has 0 rings (SSSR count). The maximum Gasteiger partial charge on any atom is 0.165 e. The van der Waals surface area contributed by atoms with Crippen LogP contribution in [0.2, 0.25) is 0 Å². The predicted octanol–water partition coefficient (Wildman–Crippen LogP) is 12.0. The number of ketones is 2. The maximum atomic E-state index is 12.3. The van der Waals surface area contributed by atoms with Gasteiger partial charge in [0.1, 0.15) is 0 Å². The Labute approximate surface area is 239 Å².